The summed E-state index contributed by atoms with van der Waals surface area (Å²) in [5, 5.41) is 0. The SMILES string of the molecule is CCC=CCC=CCC=CCCCCCCCC(=O)OC[C@H](COP(=O)(O)OCCN)OC=CCCCCCCC=CCCCCCCCC. The van der Waals surface area contributed by atoms with E-state index in [4.69, 9.17) is 24.3 Å². The van der Waals surface area contributed by atoms with E-state index in [0.717, 1.165) is 83.5 Å². The number of nitrogens with two attached hydrogens (primary N) is 1. The maximum atomic E-state index is 12.4. The Hall–Kier alpha value is -1.96. The molecule has 0 saturated heterocycles. The van der Waals surface area contributed by atoms with Crippen molar-refractivity contribution in [2.45, 2.75) is 168 Å². The molecule has 0 aromatic heterocycles. The lowest BCUT2D eigenvalue weighted by molar-refractivity contribution is -0.147. The first kappa shape index (κ1) is 48.0. The zero-order valence-corrected chi connectivity index (χ0v) is 32.8. The number of unbranched alkanes of at least 4 members (excludes halogenated alkanes) is 16. The molecule has 0 aromatic carbocycles. The normalized spacial score (nSPS) is 14.2. The average Bonchev–Trinajstić information content (AvgIpc) is 3.11. The highest BCUT2D eigenvalue weighted by Gasteiger charge is 2.24. The molecule has 1 unspecified atom stereocenters. The lowest BCUT2D eigenvalue weighted by Gasteiger charge is -2.19. The van der Waals surface area contributed by atoms with Crippen LogP contribution in [0.15, 0.2) is 60.9 Å². The van der Waals surface area contributed by atoms with E-state index in [1.807, 2.05) is 6.08 Å². The molecule has 0 amide bonds. The van der Waals surface area contributed by atoms with Gasteiger partial charge in [-0.3, -0.25) is 13.8 Å². The van der Waals surface area contributed by atoms with E-state index in [2.05, 4.69) is 62.5 Å². The maximum absolute atomic E-state index is 12.4. The summed E-state index contributed by atoms with van der Waals surface area (Å²) in [4.78, 5) is 22.2. The van der Waals surface area contributed by atoms with Crippen LogP contribution in [0.5, 0.6) is 0 Å². The molecule has 9 heteroatoms. The number of hydrogen-bond acceptors (Lipinski definition) is 7. The molecule has 0 aliphatic heterocycles. The second kappa shape index (κ2) is 38.3. The van der Waals surface area contributed by atoms with Gasteiger partial charge in [0.1, 0.15) is 6.61 Å². The maximum Gasteiger partial charge on any atom is 0.472 e. The van der Waals surface area contributed by atoms with E-state index < -0.39 is 13.9 Å². The molecule has 0 saturated carbocycles. The Morgan fingerprint density at radius 1 is 0.640 bits per heavy atom. The highest BCUT2D eigenvalue weighted by Crippen LogP contribution is 2.43. The molecule has 0 aliphatic rings. The number of allylic oxidation sites excluding steroid dienone is 9. The first-order valence-electron chi connectivity index (χ1n) is 19.8. The van der Waals surface area contributed by atoms with Crippen molar-refractivity contribution < 1.29 is 32.8 Å². The van der Waals surface area contributed by atoms with Gasteiger partial charge in [0.05, 0.1) is 19.5 Å². The molecule has 0 rings (SSSR count). The molecule has 0 heterocycles. The van der Waals surface area contributed by atoms with Crippen molar-refractivity contribution in [3.05, 3.63) is 60.9 Å². The van der Waals surface area contributed by atoms with Gasteiger partial charge < -0.3 is 20.1 Å². The number of phosphoric ester groups is 1. The van der Waals surface area contributed by atoms with Crippen LogP contribution in [-0.4, -0.2) is 43.3 Å². The van der Waals surface area contributed by atoms with Crippen LogP contribution in [0.2, 0.25) is 0 Å². The van der Waals surface area contributed by atoms with Gasteiger partial charge in [-0.05, 0) is 83.1 Å². The van der Waals surface area contributed by atoms with Gasteiger partial charge in [0, 0.05) is 13.0 Å². The van der Waals surface area contributed by atoms with E-state index >= 15 is 0 Å². The fraction of sp³-hybridized carbons (Fsp3) is 0.732. The van der Waals surface area contributed by atoms with E-state index in [1.54, 1.807) is 6.26 Å². The third-order valence-corrected chi connectivity index (χ3v) is 8.99. The van der Waals surface area contributed by atoms with Gasteiger partial charge in [0.2, 0.25) is 0 Å². The molecular weight excluding hydrogens is 649 g/mol. The zero-order chi connectivity index (χ0) is 36.6. The van der Waals surface area contributed by atoms with Crippen molar-refractivity contribution in [1.82, 2.24) is 0 Å². The van der Waals surface area contributed by atoms with Crippen molar-refractivity contribution in [3.63, 3.8) is 0 Å². The van der Waals surface area contributed by atoms with Gasteiger partial charge in [-0.2, -0.15) is 0 Å². The standard InChI is InChI=1S/C41H74NO7P/c1-3-5-7-9-11-13-15-17-19-21-23-25-27-29-31-33-36-46-40(39-49-50(44,45)48-37-35-42)38-47-41(43)34-32-30-28-26-24-22-20-18-16-14-12-10-8-6-4-2/h6,8,12,14,17-20,33,36,40H,3-5,7,9-11,13,15-16,21-32,34-35,37-39,42H2,1-2H3,(H,44,45)/t40-/m1/s1. The molecule has 0 bridgehead atoms. The Labute approximate surface area is 306 Å². The summed E-state index contributed by atoms with van der Waals surface area (Å²) in [7, 11) is -4.27. The third-order valence-electron chi connectivity index (χ3n) is 8.01. The summed E-state index contributed by atoms with van der Waals surface area (Å²) in [6, 6.07) is 0. The molecule has 2 atom stereocenters. The summed E-state index contributed by atoms with van der Waals surface area (Å²) in [6.07, 6.45) is 46.2. The smallest absolute Gasteiger partial charge is 0.472 e. The molecule has 0 spiro atoms. The number of carbonyl (C=O) groups is 1. The summed E-state index contributed by atoms with van der Waals surface area (Å²) < 4.78 is 33.1. The van der Waals surface area contributed by atoms with Crippen LogP contribution in [-0.2, 0) is 27.9 Å². The van der Waals surface area contributed by atoms with Gasteiger partial charge in [0.15, 0.2) is 6.10 Å². The number of hydrogen-bond donors (Lipinski definition) is 2. The fourth-order valence-corrected chi connectivity index (χ4v) is 5.81. The minimum atomic E-state index is -4.27. The highest BCUT2D eigenvalue weighted by molar-refractivity contribution is 7.47. The number of phosphoric acid groups is 1. The number of carbonyl (C=O) groups excluding carboxylic acids is 1. The van der Waals surface area contributed by atoms with Crippen molar-refractivity contribution in [2.75, 3.05) is 26.4 Å². The van der Waals surface area contributed by atoms with Crippen LogP contribution in [0.4, 0.5) is 0 Å². The summed E-state index contributed by atoms with van der Waals surface area (Å²) in [5.74, 6) is -0.312. The summed E-state index contributed by atoms with van der Waals surface area (Å²) in [5.41, 5.74) is 5.35. The fourth-order valence-electron chi connectivity index (χ4n) is 5.05. The average molecular weight is 724 g/mol. The molecular formula is C41H74NO7P. The Morgan fingerprint density at radius 3 is 1.72 bits per heavy atom. The van der Waals surface area contributed by atoms with Crippen LogP contribution in [0.1, 0.15) is 162 Å². The quantitative estimate of drug-likeness (QED) is 0.0214. The third kappa shape index (κ3) is 37.3. The van der Waals surface area contributed by atoms with Crippen molar-refractivity contribution in [1.29, 1.82) is 0 Å². The molecule has 0 aliphatic carbocycles. The lowest BCUT2D eigenvalue weighted by atomic mass is 10.1. The van der Waals surface area contributed by atoms with Gasteiger partial charge in [-0.25, -0.2) is 4.57 Å². The Kier molecular flexibility index (Phi) is 36.8. The molecule has 290 valence electrons. The highest BCUT2D eigenvalue weighted by atomic mass is 31.2. The van der Waals surface area contributed by atoms with E-state index in [9.17, 15) is 14.3 Å². The second-order valence-electron chi connectivity index (χ2n) is 12.8. The van der Waals surface area contributed by atoms with E-state index in [-0.39, 0.29) is 32.3 Å². The number of ether oxygens (including phenoxy) is 2. The number of rotatable bonds is 37. The molecule has 0 radical (unpaired) electrons. The Bertz CT molecular complexity index is 947. The summed E-state index contributed by atoms with van der Waals surface area (Å²) in [6.45, 7) is 4.05. The minimum absolute atomic E-state index is 0.0800. The Morgan fingerprint density at radius 2 is 1.14 bits per heavy atom. The van der Waals surface area contributed by atoms with Crippen LogP contribution in [0.3, 0.4) is 0 Å². The summed E-state index contributed by atoms with van der Waals surface area (Å²) >= 11 is 0. The predicted octanol–water partition coefficient (Wildman–Crippen LogP) is 11.8. The van der Waals surface area contributed by atoms with Gasteiger partial charge in [-0.15, -0.1) is 0 Å². The molecule has 50 heavy (non-hydrogen) atoms. The van der Waals surface area contributed by atoms with Crippen LogP contribution in [0.25, 0.3) is 0 Å². The monoisotopic (exact) mass is 724 g/mol. The van der Waals surface area contributed by atoms with Crippen molar-refractivity contribution in [3.8, 4) is 0 Å². The van der Waals surface area contributed by atoms with Crippen molar-refractivity contribution >= 4 is 13.8 Å². The van der Waals surface area contributed by atoms with Gasteiger partial charge in [-0.1, -0.05) is 127 Å². The molecule has 0 fully saturated rings. The van der Waals surface area contributed by atoms with Crippen molar-refractivity contribution in [2.24, 2.45) is 5.73 Å². The Balaban J connectivity index is 4.18. The molecule has 3 N–H and O–H groups in total. The van der Waals surface area contributed by atoms with E-state index in [1.165, 1.54) is 57.8 Å². The van der Waals surface area contributed by atoms with Gasteiger partial charge in [0.25, 0.3) is 0 Å². The van der Waals surface area contributed by atoms with E-state index in [0.29, 0.717) is 6.42 Å². The largest absolute Gasteiger partial charge is 0.492 e. The van der Waals surface area contributed by atoms with Crippen LogP contribution >= 0.6 is 7.82 Å². The number of esters is 1. The molecule has 0 aromatic rings. The van der Waals surface area contributed by atoms with Gasteiger partial charge >= 0.3 is 13.8 Å². The van der Waals surface area contributed by atoms with Crippen LogP contribution in [0, 0.1) is 0 Å². The second-order valence-corrected chi connectivity index (χ2v) is 14.3. The predicted molar refractivity (Wildman–Crippen MR) is 210 cm³/mol. The lowest BCUT2D eigenvalue weighted by Crippen LogP contribution is -2.25. The van der Waals surface area contributed by atoms with Crippen LogP contribution < -0.4 is 5.73 Å². The first-order chi connectivity index (χ1) is 24.4. The first-order valence-corrected chi connectivity index (χ1v) is 21.3. The zero-order valence-electron chi connectivity index (χ0n) is 31.9. The topological polar surface area (TPSA) is 117 Å². The molecule has 8 nitrogen and oxygen atoms in total. The minimum Gasteiger partial charge on any atom is -0.492 e.